The zero-order valence-electron chi connectivity index (χ0n) is 11.2. The van der Waals surface area contributed by atoms with Gasteiger partial charge in [-0.1, -0.05) is 0 Å². The normalized spacial score (nSPS) is 10.2. The predicted octanol–water partition coefficient (Wildman–Crippen LogP) is 2.07. The monoisotopic (exact) mass is 251 g/mol. The summed E-state index contributed by atoms with van der Waals surface area (Å²) in [5, 5.41) is 3.57. The Hall–Kier alpha value is -1.13. The SMILES string of the molecule is Cc1c(C)c(C)c(CNC(=S)NN)c(C)c1C. The number of hydrazine groups is 1. The Morgan fingerprint density at radius 2 is 1.35 bits per heavy atom. The van der Waals surface area contributed by atoms with Gasteiger partial charge in [-0.3, -0.25) is 0 Å². The van der Waals surface area contributed by atoms with Gasteiger partial charge in [-0.05, 0) is 80.2 Å². The van der Waals surface area contributed by atoms with Gasteiger partial charge in [0.2, 0.25) is 0 Å². The minimum atomic E-state index is 0.472. The van der Waals surface area contributed by atoms with Crippen molar-refractivity contribution in [2.45, 2.75) is 41.2 Å². The number of nitrogens with one attached hydrogen (secondary N) is 2. The van der Waals surface area contributed by atoms with Crippen LogP contribution < -0.4 is 16.6 Å². The van der Waals surface area contributed by atoms with Crippen LogP contribution in [0.5, 0.6) is 0 Å². The van der Waals surface area contributed by atoms with E-state index < -0.39 is 0 Å². The summed E-state index contributed by atoms with van der Waals surface area (Å²) >= 11 is 4.99. The van der Waals surface area contributed by atoms with E-state index >= 15 is 0 Å². The van der Waals surface area contributed by atoms with Crippen molar-refractivity contribution < 1.29 is 0 Å². The van der Waals surface area contributed by atoms with Gasteiger partial charge >= 0.3 is 0 Å². The molecule has 4 heteroatoms. The van der Waals surface area contributed by atoms with Crippen molar-refractivity contribution >= 4 is 17.3 Å². The smallest absolute Gasteiger partial charge is 0.180 e. The van der Waals surface area contributed by atoms with Crippen molar-refractivity contribution in [3.05, 3.63) is 33.4 Å². The quantitative estimate of drug-likeness (QED) is 0.428. The van der Waals surface area contributed by atoms with Crippen LogP contribution in [-0.4, -0.2) is 5.11 Å². The number of benzene rings is 1. The van der Waals surface area contributed by atoms with E-state index in [0.717, 1.165) is 0 Å². The van der Waals surface area contributed by atoms with Crippen molar-refractivity contribution in [3.63, 3.8) is 0 Å². The lowest BCUT2D eigenvalue weighted by Crippen LogP contribution is -2.39. The molecule has 3 nitrogen and oxygen atoms in total. The minimum absolute atomic E-state index is 0.472. The van der Waals surface area contributed by atoms with Gasteiger partial charge in [0.05, 0.1) is 0 Å². The van der Waals surface area contributed by atoms with Crippen molar-refractivity contribution in [3.8, 4) is 0 Å². The average molecular weight is 251 g/mol. The lowest BCUT2D eigenvalue weighted by atomic mass is 9.89. The van der Waals surface area contributed by atoms with E-state index in [1.165, 1.54) is 33.4 Å². The molecule has 0 unspecified atom stereocenters. The summed E-state index contributed by atoms with van der Waals surface area (Å²) in [7, 11) is 0. The molecule has 0 bridgehead atoms. The number of hydrogen-bond donors (Lipinski definition) is 3. The molecule has 0 aliphatic rings. The van der Waals surface area contributed by atoms with Crippen LogP contribution in [0, 0.1) is 34.6 Å². The van der Waals surface area contributed by atoms with Crippen LogP contribution in [0.15, 0.2) is 0 Å². The highest BCUT2D eigenvalue weighted by Crippen LogP contribution is 2.25. The topological polar surface area (TPSA) is 50.1 Å². The molecule has 1 aromatic rings. The van der Waals surface area contributed by atoms with Crippen molar-refractivity contribution in [2.75, 3.05) is 0 Å². The Kier molecular flexibility index (Phi) is 4.48. The Labute approximate surface area is 109 Å². The second-order valence-electron chi connectivity index (χ2n) is 4.43. The van der Waals surface area contributed by atoms with Crippen LogP contribution in [0.4, 0.5) is 0 Å². The van der Waals surface area contributed by atoms with E-state index in [2.05, 4.69) is 45.4 Å². The molecule has 0 fully saturated rings. The van der Waals surface area contributed by atoms with E-state index in [-0.39, 0.29) is 0 Å². The molecule has 17 heavy (non-hydrogen) atoms. The largest absolute Gasteiger partial charge is 0.358 e. The number of rotatable bonds is 2. The van der Waals surface area contributed by atoms with Crippen molar-refractivity contribution in [2.24, 2.45) is 5.84 Å². The van der Waals surface area contributed by atoms with Crippen LogP contribution in [0.2, 0.25) is 0 Å². The Morgan fingerprint density at radius 1 is 0.941 bits per heavy atom. The highest BCUT2D eigenvalue weighted by molar-refractivity contribution is 7.80. The maximum atomic E-state index is 5.24. The molecule has 0 amide bonds. The first-order valence-corrected chi connectivity index (χ1v) is 6.11. The van der Waals surface area contributed by atoms with Gasteiger partial charge in [0.25, 0.3) is 0 Å². The maximum Gasteiger partial charge on any atom is 0.180 e. The Morgan fingerprint density at radius 3 is 1.76 bits per heavy atom. The third-order valence-electron chi connectivity index (χ3n) is 3.71. The standard InChI is InChI=1S/C13H21N3S/c1-7-8(2)10(4)12(11(5)9(7)3)6-15-13(17)16-14/h6,14H2,1-5H3,(H2,15,16,17). The molecule has 1 rings (SSSR count). The van der Waals surface area contributed by atoms with Crippen LogP contribution in [0.25, 0.3) is 0 Å². The van der Waals surface area contributed by atoms with Crippen LogP contribution in [-0.2, 0) is 6.54 Å². The molecule has 0 saturated heterocycles. The summed E-state index contributed by atoms with van der Waals surface area (Å²) in [4.78, 5) is 0. The molecule has 94 valence electrons. The molecule has 1 aromatic carbocycles. The summed E-state index contributed by atoms with van der Waals surface area (Å²) in [6, 6.07) is 0. The first kappa shape index (κ1) is 13.9. The van der Waals surface area contributed by atoms with Crippen LogP contribution in [0.1, 0.15) is 33.4 Å². The van der Waals surface area contributed by atoms with Gasteiger partial charge in [-0.2, -0.15) is 0 Å². The van der Waals surface area contributed by atoms with Gasteiger partial charge < -0.3 is 10.7 Å². The molecule has 0 saturated carbocycles. The summed E-state index contributed by atoms with van der Waals surface area (Å²) in [5.41, 5.74) is 10.5. The van der Waals surface area contributed by atoms with E-state index in [1.54, 1.807) is 0 Å². The summed E-state index contributed by atoms with van der Waals surface area (Å²) in [6.07, 6.45) is 0. The van der Waals surface area contributed by atoms with Gasteiger partial charge in [-0.25, -0.2) is 5.84 Å². The Balaban J connectivity index is 3.12. The van der Waals surface area contributed by atoms with E-state index in [1.807, 2.05) is 0 Å². The average Bonchev–Trinajstić information content (AvgIpc) is 2.33. The fraction of sp³-hybridized carbons (Fsp3) is 0.462. The first-order valence-electron chi connectivity index (χ1n) is 5.70. The Bertz CT molecular complexity index is 423. The predicted molar refractivity (Wildman–Crippen MR) is 76.9 cm³/mol. The zero-order chi connectivity index (χ0) is 13.2. The minimum Gasteiger partial charge on any atom is -0.358 e. The van der Waals surface area contributed by atoms with Crippen LogP contribution >= 0.6 is 12.2 Å². The molecule has 0 aliphatic carbocycles. The fourth-order valence-electron chi connectivity index (χ4n) is 2.06. The third kappa shape index (κ3) is 2.76. The second kappa shape index (κ2) is 5.47. The van der Waals surface area contributed by atoms with Gasteiger partial charge in [0, 0.05) is 6.54 Å². The molecule has 0 spiro atoms. The molecule has 0 radical (unpaired) electrons. The summed E-state index contributed by atoms with van der Waals surface area (Å²) in [5.74, 6) is 5.24. The zero-order valence-corrected chi connectivity index (χ0v) is 12.0. The van der Waals surface area contributed by atoms with E-state index in [9.17, 15) is 0 Å². The van der Waals surface area contributed by atoms with Crippen LogP contribution in [0.3, 0.4) is 0 Å². The van der Waals surface area contributed by atoms with Crippen molar-refractivity contribution in [1.82, 2.24) is 10.7 Å². The third-order valence-corrected chi connectivity index (χ3v) is 3.97. The molecule has 0 atom stereocenters. The fourth-order valence-corrected chi connectivity index (χ4v) is 2.13. The first-order chi connectivity index (χ1) is 7.90. The molecule has 0 heterocycles. The highest BCUT2D eigenvalue weighted by atomic mass is 32.1. The summed E-state index contributed by atoms with van der Waals surface area (Å²) in [6.45, 7) is 11.5. The van der Waals surface area contributed by atoms with E-state index in [0.29, 0.717) is 11.7 Å². The highest BCUT2D eigenvalue weighted by Gasteiger charge is 2.11. The molecular formula is C13H21N3S. The molecule has 0 aromatic heterocycles. The lowest BCUT2D eigenvalue weighted by molar-refractivity contribution is 0.849. The molecule has 4 N–H and O–H groups in total. The second-order valence-corrected chi connectivity index (χ2v) is 4.84. The molecule has 0 aliphatic heterocycles. The number of thiocarbonyl (C=S) groups is 1. The van der Waals surface area contributed by atoms with Gasteiger partial charge in [0.15, 0.2) is 5.11 Å². The van der Waals surface area contributed by atoms with Crippen molar-refractivity contribution in [1.29, 1.82) is 0 Å². The van der Waals surface area contributed by atoms with Gasteiger partial charge in [0.1, 0.15) is 0 Å². The van der Waals surface area contributed by atoms with Gasteiger partial charge in [-0.15, -0.1) is 0 Å². The molecular weight excluding hydrogens is 230 g/mol. The maximum absolute atomic E-state index is 5.24. The number of nitrogens with two attached hydrogens (primary N) is 1. The lowest BCUT2D eigenvalue weighted by Gasteiger charge is -2.19. The summed E-state index contributed by atoms with van der Waals surface area (Å²) < 4.78 is 0. The van der Waals surface area contributed by atoms with E-state index in [4.69, 9.17) is 18.1 Å². The number of hydrogen-bond acceptors (Lipinski definition) is 2.